The summed E-state index contributed by atoms with van der Waals surface area (Å²) in [6, 6.07) is 7.50. The van der Waals surface area contributed by atoms with Gasteiger partial charge in [0.15, 0.2) is 11.6 Å². The standard InChI is InChI=1S/C28H34N4O10/c1-27(2)39-15-23(41-27)13-29(5)25(33)19-7-17(9-21(11-19)31(35)36)18-8-20(12-22(10-18)32(37)38)26(34)30(6)14-24-16-40-28(3,4)42-24/h7-12,23-24H,13-16H2,1-6H3. The molecule has 14 heteroatoms. The molecule has 14 nitrogen and oxygen atoms in total. The van der Waals surface area contributed by atoms with Crippen LogP contribution in [-0.4, -0.2) is 95.6 Å². The Morgan fingerprint density at radius 1 is 0.738 bits per heavy atom. The van der Waals surface area contributed by atoms with Gasteiger partial charge in [0.25, 0.3) is 23.2 Å². The van der Waals surface area contributed by atoms with E-state index in [4.69, 9.17) is 18.9 Å². The molecule has 0 aliphatic carbocycles. The predicted octanol–water partition coefficient (Wildman–Crippen LogP) is 3.62. The van der Waals surface area contributed by atoms with Crippen molar-refractivity contribution in [3.63, 3.8) is 0 Å². The first-order valence-electron chi connectivity index (χ1n) is 13.3. The number of nitro groups is 2. The lowest BCUT2D eigenvalue weighted by Crippen LogP contribution is -2.36. The fraction of sp³-hybridized carbons (Fsp3) is 0.500. The van der Waals surface area contributed by atoms with Crippen molar-refractivity contribution in [1.29, 1.82) is 0 Å². The van der Waals surface area contributed by atoms with Crippen LogP contribution in [0.5, 0.6) is 0 Å². The molecule has 4 rings (SSSR count). The maximum atomic E-state index is 13.3. The first-order valence-corrected chi connectivity index (χ1v) is 13.3. The van der Waals surface area contributed by atoms with Crippen LogP contribution in [0.1, 0.15) is 48.4 Å². The van der Waals surface area contributed by atoms with Crippen molar-refractivity contribution < 1.29 is 38.4 Å². The highest BCUT2D eigenvalue weighted by Crippen LogP contribution is 2.32. The van der Waals surface area contributed by atoms with E-state index in [2.05, 4.69) is 0 Å². The Balaban J connectivity index is 1.64. The summed E-state index contributed by atoms with van der Waals surface area (Å²) >= 11 is 0. The molecular weight excluding hydrogens is 552 g/mol. The second kappa shape index (κ2) is 11.7. The SMILES string of the molecule is CN(CC1COC(C)(C)O1)C(=O)c1cc(-c2cc(C(=O)N(C)CC3COC(C)(C)O3)cc([N+](=O)[O-])c2)cc([N+](=O)[O-])c1. The van der Waals surface area contributed by atoms with Crippen molar-refractivity contribution >= 4 is 23.2 Å². The molecule has 0 aromatic heterocycles. The quantitative estimate of drug-likeness (QED) is 0.313. The van der Waals surface area contributed by atoms with Crippen molar-refractivity contribution in [2.45, 2.75) is 51.5 Å². The topological polar surface area (TPSA) is 164 Å². The lowest BCUT2D eigenvalue weighted by atomic mass is 9.98. The molecule has 2 fully saturated rings. The Bertz CT molecular complexity index is 1300. The van der Waals surface area contributed by atoms with Crippen LogP contribution >= 0.6 is 0 Å². The van der Waals surface area contributed by atoms with Gasteiger partial charge >= 0.3 is 0 Å². The van der Waals surface area contributed by atoms with E-state index >= 15 is 0 Å². The summed E-state index contributed by atoms with van der Waals surface area (Å²) in [7, 11) is 3.07. The Kier molecular flexibility index (Phi) is 8.64. The zero-order valence-corrected chi connectivity index (χ0v) is 24.3. The second-order valence-corrected chi connectivity index (χ2v) is 11.3. The zero-order chi connectivity index (χ0) is 31.0. The maximum Gasteiger partial charge on any atom is 0.270 e. The van der Waals surface area contributed by atoms with Crippen LogP contribution < -0.4 is 0 Å². The van der Waals surface area contributed by atoms with E-state index in [0.717, 1.165) is 12.1 Å². The van der Waals surface area contributed by atoms with Gasteiger partial charge in [-0.2, -0.15) is 0 Å². The summed E-state index contributed by atoms with van der Waals surface area (Å²) in [5, 5.41) is 23.6. The molecule has 42 heavy (non-hydrogen) atoms. The highest BCUT2D eigenvalue weighted by atomic mass is 16.7. The van der Waals surface area contributed by atoms with Crippen molar-refractivity contribution in [2.75, 3.05) is 40.4 Å². The normalized spacial score (nSPS) is 20.7. The molecule has 0 N–H and O–H groups in total. The van der Waals surface area contributed by atoms with Crippen LogP contribution in [0.4, 0.5) is 11.4 Å². The number of nitro benzene ring substituents is 2. The van der Waals surface area contributed by atoms with E-state index in [1.807, 2.05) is 0 Å². The number of amides is 2. The molecule has 2 atom stereocenters. The van der Waals surface area contributed by atoms with E-state index in [1.54, 1.807) is 27.7 Å². The van der Waals surface area contributed by atoms with Gasteiger partial charge in [-0.1, -0.05) is 0 Å². The van der Waals surface area contributed by atoms with Crippen molar-refractivity contribution in [3.8, 4) is 11.1 Å². The van der Waals surface area contributed by atoms with Gasteiger partial charge in [0.2, 0.25) is 0 Å². The summed E-state index contributed by atoms with van der Waals surface area (Å²) in [5.74, 6) is -2.60. The van der Waals surface area contributed by atoms with E-state index < -0.39 is 33.2 Å². The molecule has 2 heterocycles. The fourth-order valence-corrected chi connectivity index (χ4v) is 4.94. The van der Waals surface area contributed by atoms with E-state index in [0.29, 0.717) is 0 Å². The Labute approximate surface area is 242 Å². The first kappa shape index (κ1) is 31.0. The summed E-state index contributed by atoms with van der Waals surface area (Å²) in [6.45, 7) is 7.95. The molecule has 2 aliphatic rings. The number of rotatable bonds is 9. The summed E-state index contributed by atoms with van der Waals surface area (Å²) in [6.07, 6.45) is -0.775. The molecule has 2 amide bonds. The van der Waals surface area contributed by atoms with Crippen LogP contribution in [0.2, 0.25) is 0 Å². The number of nitrogens with zero attached hydrogens (tertiary/aromatic N) is 4. The largest absolute Gasteiger partial charge is 0.348 e. The highest BCUT2D eigenvalue weighted by Gasteiger charge is 2.35. The third kappa shape index (κ3) is 7.26. The Hall–Kier alpha value is -3.98. The number of likely N-dealkylation sites (N-methyl/N-ethyl adjacent to an activating group) is 2. The zero-order valence-electron chi connectivity index (χ0n) is 24.3. The van der Waals surface area contributed by atoms with Crippen LogP contribution in [-0.2, 0) is 18.9 Å². The fourth-order valence-electron chi connectivity index (χ4n) is 4.94. The summed E-state index contributed by atoms with van der Waals surface area (Å²) < 4.78 is 22.6. The van der Waals surface area contributed by atoms with Crippen LogP contribution in [0.15, 0.2) is 36.4 Å². The van der Waals surface area contributed by atoms with E-state index in [9.17, 15) is 29.8 Å². The minimum Gasteiger partial charge on any atom is -0.348 e. The van der Waals surface area contributed by atoms with Crippen molar-refractivity contribution in [1.82, 2.24) is 9.80 Å². The Morgan fingerprint density at radius 2 is 1.10 bits per heavy atom. The van der Waals surface area contributed by atoms with Gasteiger partial charge < -0.3 is 28.7 Å². The smallest absolute Gasteiger partial charge is 0.270 e. The lowest BCUT2D eigenvalue weighted by Gasteiger charge is -2.23. The molecule has 2 aliphatic heterocycles. The van der Waals surface area contributed by atoms with Crippen molar-refractivity contribution in [2.24, 2.45) is 0 Å². The van der Waals surface area contributed by atoms with Gasteiger partial charge in [0.1, 0.15) is 12.2 Å². The number of ether oxygens (including phenoxy) is 4. The minimum absolute atomic E-state index is 0.00243. The maximum absolute atomic E-state index is 13.3. The predicted molar refractivity (Wildman–Crippen MR) is 149 cm³/mol. The van der Waals surface area contributed by atoms with Gasteiger partial charge in [-0.25, -0.2) is 0 Å². The van der Waals surface area contributed by atoms with Gasteiger partial charge in [-0.15, -0.1) is 0 Å². The average Bonchev–Trinajstić information content (AvgIpc) is 3.45. The molecule has 226 valence electrons. The monoisotopic (exact) mass is 586 g/mol. The average molecular weight is 587 g/mol. The van der Waals surface area contributed by atoms with Gasteiger partial charge in [0.05, 0.1) is 23.1 Å². The minimum atomic E-state index is -0.785. The number of benzene rings is 2. The Morgan fingerprint density at radius 3 is 1.38 bits per heavy atom. The van der Waals surface area contributed by atoms with Crippen LogP contribution in [0, 0.1) is 20.2 Å². The first-order chi connectivity index (χ1) is 19.5. The van der Waals surface area contributed by atoms with Gasteiger partial charge in [-0.05, 0) is 51.0 Å². The second-order valence-electron chi connectivity index (χ2n) is 11.3. The van der Waals surface area contributed by atoms with Gasteiger partial charge in [-0.3, -0.25) is 29.8 Å². The summed E-state index contributed by atoms with van der Waals surface area (Å²) in [4.78, 5) is 51.6. The lowest BCUT2D eigenvalue weighted by molar-refractivity contribution is -0.385. The molecule has 2 aromatic carbocycles. The molecule has 0 saturated carbocycles. The van der Waals surface area contributed by atoms with E-state index in [1.165, 1.54) is 48.2 Å². The summed E-state index contributed by atoms with van der Waals surface area (Å²) in [5.41, 5.74) is -0.448. The molecular formula is C28H34N4O10. The number of hydrogen-bond acceptors (Lipinski definition) is 10. The van der Waals surface area contributed by atoms with E-state index in [-0.39, 0.29) is 72.1 Å². The molecule has 2 aromatic rings. The van der Waals surface area contributed by atoms with Gasteiger partial charge in [0, 0.05) is 62.6 Å². The third-order valence-electron chi connectivity index (χ3n) is 6.87. The molecule has 0 bridgehead atoms. The number of non-ortho nitro benzene ring substituents is 2. The number of carbonyl (C=O) groups is 2. The highest BCUT2D eigenvalue weighted by molar-refractivity contribution is 5.98. The number of carbonyl (C=O) groups excluding carboxylic acids is 2. The molecule has 2 saturated heterocycles. The van der Waals surface area contributed by atoms with Crippen molar-refractivity contribution in [3.05, 3.63) is 67.8 Å². The van der Waals surface area contributed by atoms with Crippen LogP contribution in [0.3, 0.4) is 0 Å². The molecule has 2 unspecified atom stereocenters. The molecule has 0 radical (unpaired) electrons. The third-order valence-corrected chi connectivity index (χ3v) is 6.87. The number of hydrogen-bond donors (Lipinski definition) is 0. The van der Waals surface area contributed by atoms with Crippen LogP contribution in [0.25, 0.3) is 11.1 Å². The molecule has 0 spiro atoms.